The number of unbranched alkanes of at least 4 members (excludes halogenated alkanes) is 7. The Morgan fingerprint density at radius 1 is 0.828 bits per heavy atom. The summed E-state index contributed by atoms with van der Waals surface area (Å²) < 4.78 is 0.859. The van der Waals surface area contributed by atoms with Crippen molar-refractivity contribution in [1.29, 1.82) is 0 Å². The highest BCUT2D eigenvalue weighted by atomic mass is 16.4. The maximum Gasteiger partial charge on any atom is 0.251 e. The Bertz CT molecular complexity index is 422. The number of carbonyl (C=O) groups excluding carboxylic acids is 1. The van der Waals surface area contributed by atoms with E-state index in [0.29, 0.717) is 6.54 Å². The van der Waals surface area contributed by atoms with Gasteiger partial charge in [0.05, 0.1) is 33.8 Å². The summed E-state index contributed by atoms with van der Waals surface area (Å²) in [5.41, 5.74) is 0. The Morgan fingerprint density at radius 3 is 1.90 bits per heavy atom. The van der Waals surface area contributed by atoms with Crippen molar-refractivity contribution in [2.75, 3.05) is 40.3 Å². The van der Waals surface area contributed by atoms with E-state index in [1.807, 2.05) is 0 Å². The number of rotatable bonds is 18. The summed E-state index contributed by atoms with van der Waals surface area (Å²) >= 11 is 0. The van der Waals surface area contributed by atoms with Crippen LogP contribution >= 0.6 is 0 Å². The van der Waals surface area contributed by atoms with E-state index in [2.05, 4.69) is 26.3 Å². The van der Waals surface area contributed by atoms with Gasteiger partial charge < -0.3 is 35.3 Å². The van der Waals surface area contributed by atoms with Crippen LogP contribution in [0.4, 0.5) is 0 Å². The highest BCUT2D eigenvalue weighted by Gasteiger charge is 2.34. The number of hydrogen-bond acceptors (Lipinski definition) is 6. The monoisotopic (exact) mass is 421 g/mol. The molecule has 0 heterocycles. The summed E-state index contributed by atoms with van der Waals surface area (Å²) in [7, 11) is 4.32. The average molecular weight is 422 g/mol. The molecule has 0 saturated heterocycles. The molecule has 0 aromatic heterocycles. The number of carbonyl (C=O) groups is 1. The Kier molecular flexibility index (Phi) is 15.6. The first-order valence-corrected chi connectivity index (χ1v) is 11.1. The van der Waals surface area contributed by atoms with Crippen molar-refractivity contribution in [3.05, 3.63) is 0 Å². The van der Waals surface area contributed by atoms with E-state index in [1.54, 1.807) is 0 Å². The molecule has 0 aromatic rings. The quantitative estimate of drug-likeness (QED) is 0.138. The molecule has 0 aromatic carbocycles. The maximum absolute atomic E-state index is 11.9. The Hall–Kier alpha value is -0.770. The van der Waals surface area contributed by atoms with Crippen LogP contribution in [0.1, 0.15) is 64.7 Å². The minimum atomic E-state index is -1.87. The standard InChI is InChI=1S/C21H44N2O6/c1-4-5-6-7-8-9-10-11-14-23(2,3)15-12-13-22-21(29)20(28)19(27)18(26)17(25)16-24/h17-20,24-28H,4-16H2,1-3H3/p+1/t17-,18-,19+,20-/m1/s1. The predicted octanol–water partition coefficient (Wildman–Crippen LogP) is 0.146. The van der Waals surface area contributed by atoms with Gasteiger partial charge in [0.15, 0.2) is 6.10 Å². The first kappa shape index (κ1) is 28.2. The number of nitrogens with zero attached hydrogens (tertiary/aromatic N) is 1. The lowest BCUT2D eigenvalue weighted by Gasteiger charge is -2.30. The second kappa shape index (κ2) is 16.0. The maximum atomic E-state index is 11.9. The molecule has 0 bridgehead atoms. The molecule has 29 heavy (non-hydrogen) atoms. The lowest BCUT2D eigenvalue weighted by atomic mass is 10.0. The number of hydrogen-bond donors (Lipinski definition) is 6. The summed E-state index contributed by atoms with van der Waals surface area (Å²) in [5, 5.41) is 49.6. The fraction of sp³-hybridized carbons (Fsp3) is 0.952. The van der Waals surface area contributed by atoms with E-state index in [4.69, 9.17) is 5.11 Å². The summed E-state index contributed by atoms with van der Waals surface area (Å²) in [6, 6.07) is 0. The van der Waals surface area contributed by atoms with Crippen LogP contribution in [0, 0.1) is 0 Å². The molecule has 6 N–H and O–H groups in total. The zero-order valence-electron chi connectivity index (χ0n) is 18.6. The van der Waals surface area contributed by atoms with Crippen molar-refractivity contribution in [2.45, 2.75) is 89.1 Å². The molecule has 0 aliphatic carbocycles. The summed E-state index contributed by atoms with van der Waals surface area (Å²) in [6.07, 6.45) is 3.89. The highest BCUT2D eigenvalue weighted by Crippen LogP contribution is 2.10. The van der Waals surface area contributed by atoms with Crippen molar-refractivity contribution >= 4 is 5.91 Å². The van der Waals surface area contributed by atoms with E-state index in [-0.39, 0.29) is 0 Å². The van der Waals surface area contributed by atoms with Crippen LogP contribution in [-0.2, 0) is 4.79 Å². The zero-order chi connectivity index (χ0) is 22.3. The van der Waals surface area contributed by atoms with Crippen LogP contribution in [0.3, 0.4) is 0 Å². The van der Waals surface area contributed by atoms with Crippen LogP contribution < -0.4 is 5.32 Å². The zero-order valence-corrected chi connectivity index (χ0v) is 18.6. The minimum Gasteiger partial charge on any atom is -0.394 e. The Labute approximate surface area is 176 Å². The molecule has 1 amide bonds. The second-order valence-electron chi connectivity index (χ2n) is 8.68. The first-order valence-electron chi connectivity index (χ1n) is 11.1. The van der Waals surface area contributed by atoms with Gasteiger partial charge in [-0.1, -0.05) is 45.4 Å². The predicted molar refractivity (Wildman–Crippen MR) is 113 cm³/mol. The van der Waals surface area contributed by atoms with Gasteiger partial charge in [0.25, 0.3) is 5.91 Å². The lowest BCUT2D eigenvalue weighted by Crippen LogP contribution is -2.52. The lowest BCUT2D eigenvalue weighted by molar-refractivity contribution is -0.890. The summed E-state index contributed by atoms with van der Waals surface area (Å²) in [6.45, 7) is 3.75. The van der Waals surface area contributed by atoms with Crippen LogP contribution in [0.5, 0.6) is 0 Å². The van der Waals surface area contributed by atoms with Crippen molar-refractivity contribution in [3.63, 3.8) is 0 Å². The van der Waals surface area contributed by atoms with Crippen molar-refractivity contribution in [1.82, 2.24) is 5.32 Å². The topological polar surface area (TPSA) is 130 Å². The van der Waals surface area contributed by atoms with Crippen molar-refractivity contribution in [3.8, 4) is 0 Å². The summed E-state index contributed by atoms with van der Waals surface area (Å²) in [5.74, 6) is -0.810. The molecule has 8 heteroatoms. The number of aliphatic hydroxyl groups is 5. The van der Waals surface area contributed by atoms with Gasteiger partial charge in [-0.15, -0.1) is 0 Å². The number of nitrogens with one attached hydrogen (secondary N) is 1. The normalized spacial score (nSPS) is 16.3. The van der Waals surface area contributed by atoms with Gasteiger partial charge in [-0.2, -0.15) is 0 Å². The first-order chi connectivity index (χ1) is 13.7. The van der Waals surface area contributed by atoms with Crippen LogP contribution in [0.15, 0.2) is 0 Å². The van der Waals surface area contributed by atoms with Gasteiger partial charge >= 0.3 is 0 Å². The van der Waals surface area contributed by atoms with Gasteiger partial charge in [-0.3, -0.25) is 4.79 Å². The third kappa shape index (κ3) is 13.2. The Morgan fingerprint density at radius 2 is 1.34 bits per heavy atom. The van der Waals surface area contributed by atoms with Crippen LogP contribution in [0.2, 0.25) is 0 Å². The molecule has 0 saturated carbocycles. The van der Waals surface area contributed by atoms with E-state index < -0.39 is 36.9 Å². The second-order valence-corrected chi connectivity index (χ2v) is 8.68. The van der Waals surface area contributed by atoms with Gasteiger partial charge in [0, 0.05) is 13.0 Å². The van der Waals surface area contributed by atoms with E-state index in [9.17, 15) is 25.2 Å². The van der Waals surface area contributed by atoms with Gasteiger partial charge in [0.2, 0.25) is 0 Å². The molecule has 174 valence electrons. The molecular formula is C21H45N2O6+. The van der Waals surface area contributed by atoms with E-state index in [0.717, 1.165) is 24.0 Å². The Balaban J connectivity index is 3.93. The number of quaternary nitrogens is 1. The van der Waals surface area contributed by atoms with Gasteiger partial charge in [0.1, 0.15) is 18.3 Å². The van der Waals surface area contributed by atoms with Gasteiger partial charge in [-0.25, -0.2) is 0 Å². The molecule has 0 spiro atoms. The molecule has 0 aliphatic rings. The molecule has 0 radical (unpaired) electrons. The number of amides is 1. The van der Waals surface area contributed by atoms with Crippen molar-refractivity contribution in [2.24, 2.45) is 0 Å². The highest BCUT2D eigenvalue weighted by molar-refractivity contribution is 5.81. The van der Waals surface area contributed by atoms with E-state index in [1.165, 1.54) is 51.4 Å². The van der Waals surface area contributed by atoms with Crippen LogP contribution in [-0.4, -0.2) is 101 Å². The van der Waals surface area contributed by atoms with Crippen molar-refractivity contribution < 1.29 is 34.8 Å². The van der Waals surface area contributed by atoms with E-state index >= 15 is 0 Å². The molecule has 0 unspecified atom stereocenters. The number of aliphatic hydroxyl groups excluding tert-OH is 5. The van der Waals surface area contributed by atoms with Crippen LogP contribution in [0.25, 0.3) is 0 Å². The minimum absolute atomic E-state index is 0.348. The third-order valence-corrected chi connectivity index (χ3v) is 5.38. The SMILES string of the molecule is CCCCCCCCCC[N+](C)(C)CCCNC(=O)[C@H](O)[C@@H](O)[C@H](O)[C@H](O)CO. The molecular weight excluding hydrogens is 376 g/mol. The third-order valence-electron chi connectivity index (χ3n) is 5.38. The molecule has 0 aliphatic heterocycles. The largest absolute Gasteiger partial charge is 0.394 e. The molecule has 0 rings (SSSR count). The van der Waals surface area contributed by atoms with Gasteiger partial charge in [-0.05, 0) is 12.8 Å². The average Bonchev–Trinajstić information content (AvgIpc) is 2.70. The smallest absolute Gasteiger partial charge is 0.251 e. The summed E-state index contributed by atoms with van der Waals surface area (Å²) in [4.78, 5) is 11.9. The molecule has 8 nitrogen and oxygen atoms in total. The fourth-order valence-electron chi connectivity index (χ4n) is 3.29. The molecule has 0 fully saturated rings. The molecule has 4 atom stereocenters. The fourth-order valence-corrected chi connectivity index (χ4v) is 3.29.